The second-order valence-electron chi connectivity index (χ2n) is 5.72. The molecule has 1 N–H and O–H groups in total. The van der Waals surface area contributed by atoms with E-state index in [2.05, 4.69) is 19.2 Å². The lowest BCUT2D eigenvalue weighted by molar-refractivity contribution is 0.112. The van der Waals surface area contributed by atoms with E-state index in [1.807, 2.05) is 24.4 Å². The van der Waals surface area contributed by atoms with Crippen LogP contribution < -0.4 is 5.76 Å². The SMILES string of the molecule is O=Cc1cn(C2CCCC2)c2cc(-c3noc(=O)[nH]3)ccc12. The molecule has 6 heteroatoms. The summed E-state index contributed by atoms with van der Waals surface area (Å²) in [4.78, 5) is 25.0. The molecule has 1 aliphatic carbocycles. The van der Waals surface area contributed by atoms with Crippen molar-refractivity contribution in [2.45, 2.75) is 31.7 Å². The minimum Gasteiger partial charge on any atom is -0.344 e. The van der Waals surface area contributed by atoms with Crippen molar-refractivity contribution in [3.8, 4) is 11.4 Å². The second kappa shape index (κ2) is 4.98. The van der Waals surface area contributed by atoms with Crippen LogP contribution in [0.1, 0.15) is 42.1 Å². The largest absolute Gasteiger partial charge is 0.439 e. The van der Waals surface area contributed by atoms with Crippen molar-refractivity contribution in [1.82, 2.24) is 14.7 Å². The molecular formula is C16H15N3O3. The number of aromatic amines is 1. The number of hydrogen-bond acceptors (Lipinski definition) is 4. The maximum Gasteiger partial charge on any atom is 0.439 e. The number of nitrogens with one attached hydrogen (secondary N) is 1. The maximum atomic E-state index is 11.3. The second-order valence-corrected chi connectivity index (χ2v) is 5.72. The molecule has 0 unspecified atom stereocenters. The molecule has 0 bridgehead atoms. The van der Waals surface area contributed by atoms with Crippen LogP contribution in [0, 0.1) is 0 Å². The van der Waals surface area contributed by atoms with Gasteiger partial charge in [0.1, 0.15) is 0 Å². The van der Waals surface area contributed by atoms with Crippen LogP contribution in [-0.4, -0.2) is 21.0 Å². The van der Waals surface area contributed by atoms with Crippen LogP contribution in [0.2, 0.25) is 0 Å². The number of rotatable bonds is 3. The van der Waals surface area contributed by atoms with Crippen LogP contribution in [0.4, 0.5) is 0 Å². The predicted molar refractivity (Wildman–Crippen MR) is 80.9 cm³/mol. The van der Waals surface area contributed by atoms with Gasteiger partial charge in [-0.05, 0) is 18.9 Å². The van der Waals surface area contributed by atoms with E-state index in [1.165, 1.54) is 12.8 Å². The number of hydrogen-bond donors (Lipinski definition) is 1. The van der Waals surface area contributed by atoms with Crippen molar-refractivity contribution < 1.29 is 9.32 Å². The summed E-state index contributed by atoms with van der Waals surface area (Å²) in [7, 11) is 0. The molecule has 0 saturated heterocycles. The highest BCUT2D eigenvalue weighted by atomic mass is 16.5. The summed E-state index contributed by atoms with van der Waals surface area (Å²) in [5.74, 6) is -0.173. The highest BCUT2D eigenvalue weighted by Gasteiger charge is 2.20. The Morgan fingerprint density at radius 1 is 1.32 bits per heavy atom. The number of carbonyl (C=O) groups is 1. The van der Waals surface area contributed by atoms with Gasteiger partial charge in [-0.15, -0.1) is 0 Å². The minimum absolute atomic E-state index is 0.402. The zero-order chi connectivity index (χ0) is 15.1. The maximum absolute atomic E-state index is 11.3. The van der Waals surface area contributed by atoms with Gasteiger partial charge in [0.2, 0.25) is 0 Å². The Kier molecular flexibility index (Phi) is 2.96. The van der Waals surface area contributed by atoms with Crippen LogP contribution in [-0.2, 0) is 0 Å². The Hall–Kier alpha value is -2.63. The van der Waals surface area contributed by atoms with Crippen LogP contribution in [0.5, 0.6) is 0 Å². The molecule has 1 aromatic carbocycles. The van der Waals surface area contributed by atoms with Crippen LogP contribution in [0.25, 0.3) is 22.3 Å². The molecule has 0 radical (unpaired) electrons. The van der Waals surface area contributed by atoms with E-state index < -0.39 is 5.76 Å². The van der Waals surface area contributed by atoms with Gasteiger partial charge < -0.3 is 4.57 Å². The molecule has 1 aliphatic rings. The fourth-order valence-electron chi connectivity index (χ4n) is 3.36. The monoisotopic (exact) mass is 297 g/mol. The smallest absolute Gasteiger partial charge is 0.344 e. The highest BCUT2D eigenvalue weighted by Crippen LogP contribution is 2.35. The number of aromatic nitrogens is 3. The zero-order valence-electron chi connectivity index (χ0n) is 11.9. The molecule has 112 valence electrons. The van der Waals surface area contributed by atoms with E-state index in [9.17, 15) is 9.59 Å². The molecule has 0 spiro atoms. The summed E-state index contributed by atoms with van der Waals surface area (Å²) < 4.78 is 6.75. The van der Waals surface area contributed by atoms with Crippen LogP contribution >= 0.6 is 0 Å². The summed E-state index contributed by atoms with van der Waals surface area (Å²) in [6.07, 6.45) is 7.53. The minimum atomic E-state index is -0.574. The van der Waals surface area contributed by atoms with E-state index >= 15 is 0 Å². The van der Waals surface area contributed by atoms with Crippen molar-refractivity contribution in [2.75, 3.05) is 0 Å². The number of fused-ring (bicyclic) bond motifs is 1. The zero-order valence-corrected chi connectivity index (χ0v) is 11.9. The lowest BCUT2D eigenvalue weighted by Gasteiger charge is -2.13. The Labute approximate surface area is 125 Å². The van der Waals surface area contributed by atoms with Crippen molar-refractivity contribution in [3.05, 3.63) is 40.5 Å². The summed E-state index contributed by atoms with van der Waals surface area (Å²) in [5, 5.41) is 4.65. The average molecular weight is 297 g/mol. The molecule has 4 rings (SSSR count). The highest BCUT2D eigenvalue weighted by molar-refractivity contribution is 5.99. The normalized spacial score (nSPS) is 15.6. The van der Waals surface area contributed by atoms with Gasteiger partial charge in [0.15, 0.2) is 12.1 Å². The molecule has 0 atom stereocenters. The lowest BCUT2D eigenvalue weighted by Crippen LogP contribution is -2.02. The Morgan fingerprint density at radius 2 is 2.14 bits per heavy atom. The van der Waals surface area contributed by atoms with E-state index in [0.717, 1.165) is 35.6 Å². The van der Waals surface area contributed by atoms with Crippen molar-refractivity contribution >= 4 is 17.2 Å². The summed E-state index contributed by atoms with van der Waals surface area (Å²) in [6, 6.07) is 6.12. The third-order valence-corrected chi connectivity index (χ3v) is 4.42. The van der Waals surface area contributed by atoms with E-state index in [4.69, 9.17) is 0 Å². The molecule has 2 aromatic heterocycles. The van der Waals surface area contributed by atoms with Gasteiger partial charge in [-0.25, -0.2) is 4.79 Å². The predicted octanol–water partition coefficient (Wildman–Crippen LogP) is 2.91. The molecule has 0 amide bonds. The molecule has 1 fully saturated rings. The van der Waals surface area contributed by atoms with E-state index in [-0.39, 0.29) is 0 Å². The summed E-state index contributed by atoms with van der Waals surface area (Å²) in [6.45, 7) is 0. The van der Waals surface area contributed by atoms with Gasteiger partial charge in [-0.2, -0.15) is 0 Å². The van der Waals surface area contributed by atoms with E-state index in [1.54, 1.807) is 0 Å². The Balaban J connectivity index is 1.91. The lowest BCUT2D eigenvalue weighted by atomic mass is 10.1. The summed E-state index contributed by atoms with van der Waals surface area (Å²) >= 11 is 0. The molecular weight excluding hydrogens is 282 g/mol. The van der Waals surface area contributed by atoms with Gasteiger partial charge in [0.05, 0.1) is 0 Å². The third kappa shape index (κ3) is 1.99. The average Bonchev–Trinajstić information content (AvgIpc) is 3.25. The topological polar surface area (TPSA) is 80.9 Å². The fourth-order valence-corrected chi connectivity index (χ4v) is 3.36. The van der Waals surface area contributed by atoms with Crippen LogP contribution in [0.3, 0.4) is 0 Å². The molecule has 0 aliphatic heterocycles. The van der Waals surface area contributed by atoms with Gasteiger partial charge in [0, 0.05) is 34.3 Å². The molecule has 3 aromatic rings. The number of nitrogens with zero attached hydrogens (tertiary/aromatic N) is 2. The fraction of sp³-hybridized carbons (Fsp3) is 0.312. The number of aldehydes is 1. The third-order valence-electron chi connectivity index (χ3n) is 4.42. The van der Waals surface area contributed by atoms with Crippen molar-refractivity contribution in [2.24, 2.45) is 0 Å². The Morgan fingerprint density at radius 3 is 2.82 bits per heavy atom. The first kappa shape index (κ1) is 13.1. The molecule has 22 heavy (non-hydrogen) atoms. The van der Waals surface area contributed by atoms with Crippen LogP contribution in [0.15, 0.2) is 33.7 Å². The van der Waals surface area contributed by atoms with Gasteiger partial charge >= 0.3 is 5.76 Å². The van der Waals surface area contributed by atoms with Gasteiger partial charge in [-0.3, -0.25) is 14.3 Å². The quantitative estimate of drug-likeness (QED) is 0.754. The number of carbonyl (C=O) groups excluding carboxylic acids is 1. The first-order valence-corrected chi connectivity index (χ1v) is 7.42. The van der Waals surface area contributed by atoms with Gasteiger partial charge in [-0.1, -0.05) is 30.1 Å². The standard InChI is InChI=1S/C16H15N3O3/c20-9-11-8-19(12-3-1-2-4-12)14-7-10(5-6-13(11)14)15-17-16(21)22-18-15/h5-9,12H,1-4H2,(H,17,18,21). The first-order chi connectivity index (χ1) is 10.8. The molecule has 1 saturated carbocycles. The first-order valence-electron chi connectivity index (χ1n) is 7.42. The van der Waals surface area contributed by atoms with Crippen molar-refractivity contribution in [3.63, 3.8) is 0 Å². The Bertz CT molecular complexity index is 897. The number of benzene rings is 1. The molecule has 2 heterocycles. The van der Waals surface area contributed by atoms with Gasteiger partial charge in [0.25, 0.3) is 0 Å². The number of H-pyrrole nitrogens is 1. The van der Waals surface area contributed by atoms with E-state index in [0.29, 0.717) is 17.4 Å². The van der Waals surface area contributed by atoms with Crippen molar-refractivity contribution in [1.29, 1.82) is 0 Å². The molecule has 6 nitrogen and oxygen atoms in total. The summed E-state index contributed by atoms with van der Waals surface area (Å²) in [5.41, 5.74) is 2.46.